The Balaban J connectivity index is 1.15. The Hall–Kier alpha value is -1.95. The van der Waals surface area contributed by atoms with Crippen molar-refractivity contribution >= 4 is 11.8 Å². The lowest BCUT2D eigenvalue weighted by Gasteiger charge is -2.54. The topological polar surface area (TPSA) is 43.9 Å². The lowest BCUT2D eigenvalue weighted by atomic mass is 9.75. The van der Waals surface area contributed by atoms with E-state index in [2.05, 4.69) is 9.80 Å². The summed E-state index contributed by atoms with van der Waals surface area (Å²) in [6.45, 7) is 4.72. The van der Waals surface area contributed by atoms with Gasteiger partial charge in [0.1, 0.15) is 5.82 Å². The molecule has 6 heteroatoms. The average molecular weight is 414 g/mol. The van der Waals surface area contributed by atoms with E-state index in [4.69, 9.17) is 0 Å². The van der Waals surface area contributed by atoms with Crippen LogP contribution in [-0.4, -0.2) is 71.3 Å². The van der Waals surface area contributed by atoms with Gasteiger partial charge in [0.25, 0.3) is 0 Å². The van der Waals surface area contributed by atoms with Crippen LogP contribution < -0.4 is 0 Å². The van der Waals surface area contributed by atoms with Crippen LogP contribution in [0.15, 0.2) is 24.3 Å². The van der Waals surface area contributed by atoms with Crippen molar-refractivity contribution in [3.8, 4) is 0 Å². The maximum absolute atomic E-state index is 13.4. The average Bonchev–Trinajstić information content (AvgIpc) is 2.74. The van der Waals surface area contributed by atoms with Gasteiger partial charge in [0.05, 0.1) is 6.42 Å². The van der Waals surface area contributed by atoms with Crippen LogP contribution >= 0.6 is 0 Å². The first-order chi connectivity index (χ1) is 14.6. The number of rotatable bonds is 3. The molecule has 5 nitrogen and oxygen atoms in total. The van der Waals surface area contributed by atoms with E-state index in [1.807, 2.05) is 11.0 Å². The number of benzene rings is 1. The molecular weight excluding hydrogens is 381 g/mol. The molecule has 5 rings (SSSR count). The molecule has 4 saturated heterocycles. The third kappa shape index (κ3) is 3.98. The molecule has 4 aliphatic rings. The Kier molecular flexibility index (Phi) is 5.52. The maximum Gasteiger partial charge on any atom is 0.226 e. The highest BCUT2D eigenvalue weighted by Crippen LogP contribution is 2.39. The highest BCUT2D eigenvalue weighted by atomic mass is 19.1. The standard InChI is InChI=1S/C24H32FN3O2/c25-20-4-1-3-17(12-20)13-24(30)26-9-7-21(8-10-26)27-14-18-11-19(16-27)22-5-2-6-23(29)28(22)15-18/h1,3-4,12,18-19,21-22H,2,5-11,13-16H2/t18?,19?,22-/m1/s1. The zero-order valence-electron chi connectivity index (χ0n) is 17.6. The van der Waals surface area contributed by atoms with E-state index in [1.54, 1.807) is 6.07 Å². The number of carbonyl (C=O) groups is 2. The normalized spacial score (nSPS) is 30.3. The number of likely N-dealkylation sites (tertiary alicyclic amines) is 2. The molecule has 1 aromatic rings. The molecule has 4 fully saturated rings. The van der Waals surface area contributed by atoms with Crippen molar-refractivity contribution in [1.82, 2.24) is 14.7 Å². The highest BCUT2D eigenvalue weighted by molar-refractivity contribution is 5.79. The van der Waals surface area contributed by atoms with Gasteiger partial charge in [-0.25, -0.2) is 4.39 Å². The SMILES string of the molecule is O=C(Cc1cccc(F)c1)N1CCC(N2CC3CC(C2)[C@H]2CCCC(=O)N2C3)CC1. The van der Waals surface area contributed by atoms with Gasteiger partial charge >= 0.3 is 0 Å². The molecule has 2 bridgehead atoms. The number of hydrogen-bond acceptors (Lipinski definition) is 3. The predicted octanol–water partition coefficient (Wildman–Crippen LogP) is 2.69. The van der Waals surface area contributed by atoms with Crippen molar-refractivity contribution < 1.29 is 14.0 Å². The number of hydrogen-bond donors (Lipinski definition) is 0. The molecule has 0 aromatic heterocycles. The minimum absolute atomic E-state index is 0.103. The van der Waals surface area contributed by atoms with Gasteiger partial charge in [-0.15, -0.1) is 0 Å². The summed E-state index contributed by atoms with van der Waals surface area (Å²) < 4.78 is 13.4. The number of carbonyl (C=O) groups excluding carboxylic acids is 2. The van der Waals surface area contributed by atoms with E-state index in [9.17, 15) is 14.0 Å². The number of piperidine rings is 4. The summed E-state index contributed by atoms with van der Waals surface area (Å²) in [6.07, 6.45) is 6.54. The highest BCUT2D eigenvalue weighted by Gasteiger charge is 2.45. The Morgan fingerprint density at radius 1 is 1.10 bits per heavy atom. The zero-order chi connectivity index (χ0) is 20.7. The molecule has 4 heterocycles. The molecule has 30 heavy (non-hydrogen) atoms. The minimum Gasteiger partial charge on any atom is -0.342 e. The van der Waals surface area contributed by atoms with E-state index < -0.39 is 0 Å². The summed E-state index contributed by atoms with van der Waals surface area (Å²) >= 11 is 0. The van der Waals surface area contributed by atoms with Gasteiger partial charge in [0.15, 0.2) is 0 Å². The van der Waals surface area contributed by atoms with Gasteiger partial charge in [-0.05, 0) is 61.6 Å². The summed E-state index contributed by atoms with van der Waals surface area (Å²) in [6, 6.07) is 7.35. The molecule has 1 aromatic carbocycles. The van der Waals surface area contributed by atoms with E-state index in [1.165, 1.54) is 25.0 Å². The van der Waals surface area contributed by atoms with Crippen molar-refractivity contribution in [1.29, 1.82) is 0 Å². The van der Waals surface area contributed by atoms with Crippen molar-refractivity contribution in [2.24, 2.45) is 11.8 Å². The van der Waals surface area contributed by atoms with Crippen LogP contribution in [0, 0.1) is 17.7 Å². The molecule has 0 N–H and O–H groups in total. The molecule has 3 atom stereocenters. The maximum atomic E-state index is 13.4. The van der Waals surface area contributed by atoms with Gasteiger partial charge in [-0.1, -0.05) is 12.1 Å². The first-order valence-corrected chi connectivity index (χ1v) is 11.6. The molecule has 4 aliphatic heterocycles. The van der Waals surface area contributed by atoms with Gasteiger partial charge in [0, 0.05) is 51.2 Å². The van der Waals surface area contributed by atoms with Crippen LogP contribution in [0.25, 0.3) is 0 Å². The van der Waals surface area contributed by atoms with Gasteiger partial charge in [-0.2, -0.15) is 0 Å². The van der Waals surface area contributed by atoms with Crippen LogP contribution in [0.4, 0.5) is 4.39 Å². The van der Waals surface area contributed by atoms with Crippen molar-refractivity contribution in [3.63, 3.8) is 0 Å². The Morgan fingerprint density at radius 3 is 2.73 bits per heavy atom. The number of fused-ring (bicyclic) bond motifs is 4. The van der Waals surface area contributed by atoms with Gasteiger partial charge in [-0.3, -0.25) is 14.5 Å². The van der Waals surface area contributed by atoms with Crippen LogP contribution in [0.1, 0.15) is 44.1 Å². The van der Waals surface area contributed by atoms with E-state index in [0.717, 1.165) is 64.0 Å². The molecule has 2 amide bonds. The number of amides is 2. The Morgan fingerprint density at radius 2 is 1.93 bits per heavy atom. The molecular formula is C24H32FN3O2. The first kappa shape index (κ1) is 20.0. The van der Waals surface area contributed by atoms with E-state index in [0.29, 0.717) is 29.8 Å². The largest absolute Gasteiger partial charge is 0.342 e. The fraction of sp³-hybridized carbons (Fsp3) is 0.667. The van der Waals surface area contributed by atoms with Gasteiger partial charge in [0.2, 0.25) is 11.8 Å². The summed E-state index contributed by atoms with van der Waals surface area (Å²) in [5.41, 5.74) is 0.748. The smallest absolute Gasteiger partial charge is 0.226 e. The second-order valence-corrected chi connectivity index (χ2v) is 9.74. The first-order valence-electron chi connectivity index (χ1n) is 11.6. The quantitative estimate of drug-likeness (QED) is 0.765. The van der Waals surface area contributed by atoms with E-state index in [-0.39, 0.29) is 18.1 Å². The second-order valence-electron chi connectivity index (χ2n) is 9.74. The Labute approximate surface area is 178 Å². The van der Waals surface area contributed by atoms with E-state index >= 15 is 0 Å². The predicted molar refractivity (Wildman–Crippen MR) is 112 cm³/mol. The lowest BCUT2D eigenvalue weighted by molar-refractivity contribution is -0.146. The fourth-order valence-corrected chi connectivity index (χ4v) is 6.36. The second kappa shape index (κ2) is 8.29. The third-order valence-electron chi connectivity index (χ3n) is 7.79. The monoisotopic (exact) mass is 413 g/mol. The summed E-state index contributed by atoms with van der Waals surface area (Å²) in [4.78, 5) is 31.8. The van der Waals surface area contributed by atoms with Crippen LogP contribution in [0.5, 0.6) is 0 Å². The van der Waals surface area contributed by atoms with Crippen molar-refractivity contribution in [3.05, 3.63) is 35.6 Å². The zero-order valence-corrected chi connectivity index (χ0v) is 17.6. The number of halogens is 1. The lowest BCUT2D eigenvalue weighted by Crippen LogP contribution is -2.62. The summed E-state index contributed by atoms with van der Waals surface area (Å²) in [7, 11) is 0. The van der Waals surface area contributed by atoms with Crippen LogP contribution in [-0.2, 0) is 16.0 Å². The van der Waals surface area contributed by atoms with Crippen molar-refractivity contribution in [2.45, 2.75) is 57.0 Å². The molecule has 0 aliphatic carbocycles. The number of nitrogens with zero attached hydrogens (tertiary/aromatic N) is 3. The van der Waals surface area contributed by atoms with Gasteiger partial charge < -0.3 is 9.80 Å². The third-order valence-corrected chi connectivity index (χ3v) is 7.79. The van der Waals surface area contributed by atoms with Crippen LogP contribution in [0.3, 0.4) is 0 Å². The summed E-state index contributed by atoms with van der Waals surface area (Å²) in [5, 5.41) is 0. The van der Waals surface area contributed by atoms with Crippen molar-refractivity contribution in [2.75, 3.05) is 32.7 Å². The molecule has 0 saturated carbocycles. The fourth-order valence-electron chi connectivity index (χ4n) is 6.36. The van der Waals surface area contributed by atoms with Crippen LogP contribution in [0.2, 0.25) is 0 Å². The molecule has 2 unspecified atom stereocenters. The Bertz CT molecular complexity index is 807. The molecule has 0 spiro atoms. The summed E-state index contributed by atoms with van der Waals surface area (Å²) in [5.74, 6) is 1.42. The minimum atomic E-state index is -0.284. The molecule has 0 radical (unpaired) electrons. The molecule has 162 valence electrons.